The number of likely N-dealkylation sites (N-methyl/N-ethyl adjacent to an activating group) is 1. The Balaban J connectivity index is 2.15. The van der Waals surface area contributed by atoms with E-state index in [0.717, 1.165) is 0 Å². The molecule has 2 heterocycles. The molecular formula is C21H23N3O5. The summed E-state index contributed by atoms with van der Waals surface area (Å²) in [6.45, 7) is 0.833. The fourth-order valence-corrected chi connectivity index (χ4v) is 3.29. The van der Waals surface area contributed by atoms with Crippen molar-refractivity contribution >= 4 is 17.4 Å². The Labute approximate surface area is 168 Å². The second kappa shape index (κ2) is 8.32. The first-order valence-electron chi connectivity index (χ1n) is 9.05. The average molecular weight is 397 g/mol. The number of methoxy groups -OCH3 is 1. The molecule has 1 fully saturated rings. The zero-order valence-corrected chi connectivity index (χ0v) is 16.5. The fraction of sp³-hybridized carbons (Fsp3) is 0.286. The topological polar surface area (TPSA) is 103 Å². The number of phenolic OH excluding ortho intramolecular Hbond substituents is 1. The van der Waals surface area contributed by atoms with Crippen LogP contribution in [0, 0.1) is 0 Å². The van der Waals surface area contributed by atoms with E-state index in [-0.39, 0.29) is 16.9 Å². The number of hydrogen-bond donors (Lipinski definition) is 2. The largest absolute Gasteiger partial charge is 0.507 e. The molecule has 2 N–H and O–H groups in total. The van der Waals surface area contributed by atoms with Gasteiger partial charge in [-0.2, -0.15) is 0 Å². The summed E-state index contributed by atoms with van der Waals surface area (Å²) in [5.74, 6) is -1.80. The van der Waals surface area contributed by atoms with Gasteiger partial charge in [0.05, 0.1) is 24.3 Å². The van der Waals surface area contributed by atoms with Gasteiger partial charge in [-0.05, 0) is 37.9 Å². The average Bonchev–Trinajstić information content (AvgIpc) is 2.97. The summed E-state index contributed by atoms with van der Waals surface area (Å²) in [6.07, 6.45) is 3.14. The first kappa shape index (κ1) is 20.3. The summed E-state index contributed by atoms with van der Waals surface area (Å²) in [4.78, 5) is 33.0. The molecule has 1 aliphatic rings. The number of rotatable bonds is 6. The molecule has 1 saturated heterocycles. The van der Waals surface area contributed by atoms with E-state index in [9.17, 15) is 19.8 Å². The van der Waals surface area contributed by atoms with Gasteiger partial charge in [-0.3, -0.25) is 14.6 Å². The van der Waals surface area contributed by atoms with Crippen molar-refractivity contribution in [2.75, 3.05) is 34.3 Å². The number of hydrogen-bond acceptors (Lipinski definition) is 7. The SMILES string of the molecule is COc1ccc(C(O)=C2C(=O)C(=O)N(CCN(C)C)[C@H]2c2cccnc2)c(O)c1. The summed E-state index contributed by atoms with van der Waals surface area (Å²) >= 11 is 0. The van der Waals surface area contributed by atoms with E-state index in [0.29, 0.717) is 24.4 Å². The van der Waals surface area contributed by atoms with E-state index in [1.165, 1.54) is 24.1 Å². The highest BCUT2D eigenvalue weighted by molar-refractivity contribution is 6.46. The second-order valence-corrected chi connectivity index (χ2v) is 6.97. The molecule has 29 heavy (non-hydrogen) atoms. The van der Waals surface area contributed by atoms with Crippen LogP contribution in [-0.4, -0.2) is 71.0 Å². The molecule has 152 valence electrons. The number of aromatic nitrogens is 1. The molecule has 1 atom stereocenters. The summed E-state index contributed by atoms with van der Waals surface area (Å²) in [5, 5.41) is 21.2. The van der Waals surface area contributed by atoms with Crippen LogP contribution in [0.3, 0.4) is 0 Å². The first-order chi connectivity index (χ1) is 13.8. The molecule has 1 aromatic heterocycles. The lowest BCUT2D eigenvalue weighted by Gasteiger charge is -2.26. The van der Waals surface area contributed by atoms with Crippen LogP contribution in [-0.2, 0) is 9.59 Å². The van der Waals surface area contributed by atoms with Crippen LogP contribution in [0.15, 0.2) is 48.3 Å². The Kier molecular flexibility index (Phi) is 5.84. The van der Waals surface area contributed by atoms with E-state index in [1.54, 1.807) is 30.6 Å². The van der Waals surface area contributed by atoms with Crippen molar-refractivity contribution in [2.24, 2.45) is 0 Å². The molecule has 1 aromatic carbocycles. The van der Waals surface area contributed by atoms with Crippen molar-refractivity contribution in [1.82, 2.24) is 14.8 Å². The number of aromatic hydroxyl groups is 1. The Morgan fingerprint density at radius 1 is 1.28 bits per heavy atom. The Morgan fingerprint density at radius 3 is 2.62 bits per heavy atom. The number of carbonyl (C=O) groups is 2. The van der Waals surface area contributed by atoms with Gasteiger partial charge in [0.1, 0.15) is 17.3 Å². The Morgan fingerprint density at radius 2 is 2.03 bits per heavy atom. The highest BCUT2D eigenvalue weighted by Crippen LogP contribution is 2.40. The normalized spacial score (nSPS) is 18.5. The maximum absolute atomic E-state index is 12.8. The fourth-order valence-electron chi connectivity index (χ4n) is 3.29. The number of phenols is 1. The number of ether oxygens (including phenoxy) is 1. The van der Waals surface area contributed by atoms with Crippen molar-refractivity contribution in [3.8, 4) is 11.5 Å². The van der Waals surface area contributed by atoms with Crippen molar-refractivity contribution in [2.45, 2.75) is 6.04 Å². The van der Waals surface area contributed by atoms with Crippen molar-refractivity contribution in [1.29, 1.82) is 0 Å². The number of amides is 1. The third kappa shape index (κ3) is 3.93. The molecule has 0 saturated carbocycles. The number of likely N-dealkylation sites (tertiary alicyclic amines) is 1. The molecule has 0 bridgehead atoms. The Hall–Kier alpha value is -3.39. The lowest BCUT2D eigenvalue weighted by Crippen LogP contribution is -2.35. The number of Topliss-reactive ketones (excluding diaryl/α,β-unsaturated/α-hetero) is 1. The van der Waals surface area contributed by atoms with Gasteiger partial charge in [0, 0.05) is 31.5 Å². The van der Waals surface area contributed by atoms with Gasteiger partial charge in [-0.25, -0.2) is 0 Å². The highest BCUT2D eigenvalue weighted by atomic mass is 16.5. The summed E-state index contributed by atoms with van der Waals surface area (Å²) in [6, 6.07) is 6.97. The van der Waals surface area contributed by atoms with Crippen LogP contribution >= 0.6 is 0 Å². The minimum absolute atomic E-state index is 0.0466. The number of carbonyl (C=O) groups excluding carboxylic acids is 2. The highest BCUT2D eigenvalue weighted by Gasteiger charge is 2.46. The number of aliphatic hydroxyl groups is 1. The van der Waals surface area contributed by atoms with E-state index >= 15 is 0 Å². The molecule has 3 rings (SSSR count). The molecule has 0 radical (unpaired) electrons. The smallest absolute Gasteiger partial charge is 0.295 e. The minimum Gasteiger partial charge on any atom is -0.507 e. The van der Waals surface area contributed by atoms with Gasteiger partial charge >= 0.3 is 0 Å². The van der Waals surface area contributed by atoms with Crippen LogP contribution < -0.4 is 4.74 Å². The lowest BCUT2D eigenvalue weighted by molar-refractivity contribution is -0.140. The van der Waals surface area contributed by atoms with Crippen LogP contribution in [0.4, 0.5) is 0 Å². The maximum atomic E-state index is 12.8. The quantitative estimate of drug-likeness (QED) is 0.435. The predicted octanol–water partition coefficient (Wildman–Crippen LogP) is 1.78. The maximum Gasteiger partial charge on any atom is 0.295 e. The predicted molar refractivity (Wildman–Crippen MR) is 106 cm³/mol. The summed E-state index contributed by atoms with van der Waals surface area (Å²) in [7, 11) is 5.18. The molecule has 2 aromatic rings. The van der Waals surface area contributed by atoms with Gasteiger partial charge in [-0.15, -0.1) is 0 Å². The third-order valence-corrected chi connectivity index (χ3v) is 4.79. The van der Waals surface area contributed by atoms with E-state index in [1.807, 2.05) is 19.0 Å². The van der Waals surface area contributed by atoms with E-state index in [2.05, 4.69) is 4.98 Å². The lowest BCUT2D eigenvalue weighted by atomic mass is 9.96. The van der Waals surface area contributed by atoms with Crippen LogP contribution in [0.25, 0.3) is 5.76 Å². The van der Waals surface area contributed by atoms with Crippen LogP contribution in [0.2, 0.25) is 0 Å². The number of benzene rings is 1. The second-order valence-electron chi connectivity index (χ2n) is 6.97. The van der Waals surface area contributed by atoms with Gasteiger partial charge in [0.25, 0.3) is 11.7 Å². The van der Waals surface area contributed by atoms with Crippen molar-refractivity contribution in [3.05, 3.63) is 59.4 Å². The molecule has 1 amide bonds. The van der Waals surface area contributed by atoms with Gasteiger partial charge in [0.2, 0.25) is 0 Å². The number of pyridine rings is 1. The molecule has 0 aliphatic carbocycles. The van der Waals surface area contributed by atoms with Crippen LogP contribution in [0.1, 0.15) is 17.2 Å². The standard InChI is InChI=1S/C21H23N3O5/c1-23(2)9-10-24-18(13-5-4-8-22-12-13)17(20(27)21(24)28)19(26)15-7-6-14(29-3)11-16(15)25/h4-8,11-12,18,25-26H,9-10H2,1-3H3/t18-/m0/s1. The molecule has 0 spiro atoms. The summed E-state index contributed by atoms with van der Waals surface area (Å²) < 4.78 is 5.06. The molecular weight excluding hydrogens is 374 g/mol. The van der Waals surface area contributed by atoms with E-state index < -0.39 is 23.5 Å². The zero-order chi connectivity index (χ0) is 21.1. The number of ketones is 1. The van der Waals surface area contributed by atoms with E-state index in [4.69, 9.17) is 4.74 Å². The molecule has 8 heteroatoms. The van der Waals surface area contributed by atoms with Gasteiger partial charge in [0.15, 0.2) is 0 Å². The zero-order valence-electron chi connectivity index (χ0n) is 16.5. The Bertz CT molecular complexity index is 956. The first-order valence-corrected chi connectivity index (χ1v) is 9.05. The monoisotopic (exact) mass is 397 g/mol. The van der Waals surface area contributed by atoms with Crippen molar-refractivity contribution < 1.29 is 24.5 Å². The number of nitrogens with zero attached hydrogens (tertiary/aromatic N) is 3. The van der Waals surface area contributed by atoms with Crippen LogP contribution in [0.5, 0.6) is 11.5 Å². The van der Waals surface area contributed by atoms with Gasteiger partial charge < -0.3 is 24.7 Å². The molecule has 0 unspecified atom stereocenters. The minimum atomic E-state index is -0.801. The van der Waals surface area contributed by atoms with Gasteiger partial charge in [-0.1, -0.05) is 6.07 Å². The molecule has 8 nitrogen and oxygen atoms in total. The number of aliphatic hydroxyl groups excluding tert-OH is 1. The summed E-state index contributed by atoms with van der Waals surface area (Å²) in [5.41, 5.74) is 0.563. The molecule has 1 aliphatic heterocycles. The van der Waals surface area contributed by atoms with Crippen molar-refractivity contribution in [3.63, 3.8) is 0 Å². The third-order valence-electron chi connectivity index (χ3n) is 4.79.